The van der Waals surface area contributed by atoms with Gasteiger partial charge in [0.05, 0.1) is 0 Å². The van der Waals surface area contributed by atoms with Gasteiger partial charge in [0.25, 0.3) is 0 Å². The fourth-order valence-corrected chi connectivity index (χ4v) is 1.85. The van der Waals surface area contributed by atoms with Gasteiger partial charge in [0, 0.05) is 5.54 Å². The number of nitrogens with one attached hydrogen (secondary N) is 1. The van der Waals surface area contributed by atoms with Crippen molar-refractivity contribution in [1.82, 2.24) is 5.32 Å². The maximum absolute atomic E-state index is 3.96. The molecule has 100 valence electrons. The van der Waals surface area contributed by atoms with E-state index in [2.05, 4.69) is 51.7 Å². The minimum atomic E-state index is 0.0954. The molecule has 0 spiro atoms. The first-order valence-electron chi connectivity index (χ1n) is 7.06. The fraction of sp³-hybridized carbons (Fsp3) is 0.750. The summed E-state index contributed by atoms with van der Waals surface area (Å²) in [7, 11) is 0. The molecule has 0 aromatic rings. The predicted molar refractivity (Wildman–Crippen MR) is 79.4 cm³/mol. The van der Waals surface area contributed by atoms with Crippen LogP contribution >= 0.6 is 0 Å². The summed E-state index contributed by atoms with van der Waals surface area (Å²) in [6, 6.07) is 0. The van der Waals surface area contributed by atoms with Gasteiger partial charge in [-0.2, -0.15) is 0 Å². The van der Waals surface area contributed by atoms with Crippen LogP contribution < -0.4 is 5.32 Å². The Bertz CT molecular complexity index is 226. The molecule has 0 saturated carbocycles. The summed E-state index contributed by atoms with van der Waals surface area (Å²) >= 11 is 0. The normalized spacial score (nSPS) is 14.1. The lowest BCUT2D eigenvalue weighted by molar-refractivity contribution is 0.403. The summed E-state index contributed by atoms with van der Waals surface area (Å²) < 4.78 is 0. The van der Waals surface area contributed by atoms with Crippen molar-refractivity contribution in [1.29, 1.82) is 0 Å². The van der Waals surface area contributed by atoms with E-state index in [-0.39, 0.29) is 5.54 Å². The SMILES string of the molecule is C=CC(C)(CCC=C(C)C)NCCCCCC. The summed E-state index contributed by atoms with van der Waals surface area (Å²) in [5.41, 5.74) is 1.50. The van der Waals surface area contributed by atoms with Gasteiger partial charge in [-0.15, -0.1) is 6.58 Å². The van der Waals surface area contributed by atoms with Crippen LogP contribution in [-0.4, -0.2) is 12.1 Å². The monoisotopic (exact) mass is 237 g/mol. The van der Waals surface area contributed by atoms with Crippen molar-refractivity contribution in [3.63, 3.8) is 0 Å². The van der Waals surface area contributed by atoms with Gasteiger partial charge in [-0.1, -0.05) is 43.9 Å². The van der Waals surface area contributed by atoms with E-state index in [0.717, 1.165) is 19.4 Å². The van der Waals surface area contributed by atoms with Crippen LogP contribution in [0.4, 0.5) is 0 Å². The van der Waals surface area contributed by atoms with Crippen molar-refractivity contribution in [2.24, 2.45) is 0 Å². The van der Waals surface area contributed by atoms with E-state index in [1.165, 1.54) is 31.3 Å². The predicted octanol–water partition coefficient (Wildman–Crippen LogP) is 4.85. The van der Waals surface area contributed by atoms with Crippen molar-refractivity contribution in [3.05, 3.63) is 24.3 Å². The fourth-order valence-electron chi connectivity index (χ4n) is 1.85. The van der Waals surface area contributed by atoms with E-state index in [9.17, 15) is 0 Å². The Balaban J connectivity index is 3.85. The first-order chi connectivity index (χ1) is 8.04. The summed E-state index contributed by atoms with van der Waals surface area (Å²) in [6.07, 6.45) is 11.9. The molecular formula is C16H31N. The third kappa shape index (κ3) is 9.17. The maximum atomic E-state index is 3.96. The van der Waals surface area contributed by atoms with Crippen LogP contribution in [0.1, 0.15) is 66.2 Å². The summed E-state index contributed by atoms with van der Waals surface area (Å²) in [5, 5.41) is 3.63. The van der Waals surface area contributed by atoms with Crippen LogP contribution in [0, 0.1) is 0 Å². The second-order valence-corrected chi connectivity index (χ2v) is 5.43. The van der Waals surface area contributed by atoms with E-state index in [1.807, 2.05) is 0 Å². The van der Waals surface area contributed by atoms with Crippen LogP contribution in [0.15, 0.2) is 24.3 Å². The number of hydrogen-bond donors (Lipinski definition) is 1. The summed E-state index contributed by atoms with van der Waals surface area (Å²) in [6.45, 7) is 13.9. The largest absolute Gasteiger partial charge is 0.308 e. The number of allylic oxidation sites excluding steroid dienone is 2. The third-order valence-corrected chi connectivity index (χ3v) is 3.23. The highest BCUT2D eigenvalue weighted by atomic mass is 14.9. The van der Waals surface area contributed by atoms with Crippen molar-refractivity contribution in [3.8, 4) is 0 Å². The zero-order chi connectivity index (χ0) is 13.1. The molecule has 1 unspecified atom stereocenters. The van der Waals surface area contributed by atoms with Gasteiger partial charge in [0.2, 0.25) is 0 Å². The van der Waals surface area contributed by atoms with Crippen molar-refractivity contribution < 1.29 is 0 Å². The Labute approximate surface area is 108 Å². The quantitative estimate of drug-likeness (QED) is 0.423. The Kier molecular flexibility index (Phi) is 9.16. The molecule has 0 aromatic carbocycles. The molecule has 0 aromatic heterocycles. The molecular weight excluding hydrogens is 206 g/mol. The van der Waals surface area contributed by atoms with Gasteiger partial charge in [-0.25, -0.2) is 0 Å². The van der Waals surface area contributed by atoms with Gasteiger partial charge in [0.15, 0.2) is 0 Å². The molecule has 0 radical (unpaired) electrons. The summed E-state index contributed by atoms with van der Waals surface area (Å²) in [4.78, 5) is 0. The molecule has 1 nitrogen and oxygen atoms in total. The molecule has 0 amide bonds. The molecule has 0 saturated heterocycles. The lowest BCUT2D eigenvalue weighted by Crippen LogP contribution is -2.40. The Morgan fingerprint density at radius 2 is 1.94 bits per heavy atom. The van der Waals surface area contributed by atoms with Crippen molar-refractivity contribution in [2.45, 2.75) is 71.8 Å². The Hall–Kier alpha value is -0.560. The smallest absolute Gasteiger partial charge is 0.0336 e. The first-order valence-corrected chi connectivity index (χ1v) is 7.06. The molecule has 0 rings (SSSR count). The van der Waals surface area contributed by atoms with Crippen LogP contribution in [0.25, 0.3) is 0 Å². The van der Waals surface area contributed by atoms with Gasteiger partial charge in [0.1, 0.15) is 0 Å². The van der Waals surface area contributed by atoms with Crippen LogP contribution in [-0.2, 0) is 0 Å². The maximum Gasteiger partial charge on any atom is 0.0336 e. The second kappa shape index (κ2) is 9.47. The van der Waals surface area contributed by atoms with E-state index in [0.29, 0.717) is 0 Å². The molecule has 0 aliphatic rings. The molecule has 17 heavy (non-hydrogen) atoms. The Morgan fingerprint density at radius 1 is 1.24 bits per heavy atom. The first kappa shape index (κ1) is 16.4. The topological polar surface area (TPSA) is 12.0 Å². The van der Waals surface area contributed by atoms with Gasteiger partial charge in [-0.3, -0.25) is 0 Å². The van der Waals surface area contributed by atoms with Crippen LogP contribution in [0.5, 0.6) is 0 Å². The van der Waals surface area contributed by atoms with Crippen LogP contribution in [0.2, 0.25) is 0 Å². The van der Waals surface area contributed by atoms with Crippen molar-refractivity contribution in [2.75, 3.05) is 6.54 Å². The molecule has 1 N–H and O–H groups in total. The highest BCUT2D eigenvalue weighted by molar-refractivity contribution is 5.02. The van der Waals surface area contributed by atoms with Gasteiger partial charge >= 0.3 is 0 Å². The average Bonchev–Trinajstić information content (AvgIpc) is 2.28. The second-order valence-electron chi connectivity index (χ2n) is 5.43. The molecule has 0 fully saturated rings. The standard InChI is InChI=1S/C16H31N/c1-6-8-9-10-14-17-16(5,7-2)13-11-12-15(3)4/h7,12,17H,2,6,8-11,13-14H2,1,3-5H3. The van der Waals surface area contributed by atoms with Gasteiger partial charge < -0.3 is 5.32 Å². The van der Waals surface area contributed by atoms with Crippen molar-refractivity contribution >= 4 is 0 Å². The van der Waals surface area contributed by atoms with E-state index >= 15 is 0 Å². The molecule has 0 heterocycles. The molecule has 0 aliphatic carbocycles. The number of unbranched alkanes of at least 4 members (excludes halogenated alkanes) is 3. The Morgan fingerprint density at radius 3 is 2.47 bits per heavy atom. The van der Waals surface area contributed by atoms with Crippen LogP contribution in [0.3, 0.4) is 0 Å². The van der Waals surface area contributed by atoms with Gasteiger partial charge in [-0.05, 0) is 46.6 Å². The molecule has 0 bridgehead atoms. The third-order valence-electron chi connectivity index (χ3n) is 3.23. The average molecular weight is 237 g/mol. The van der Waals surface area contributed by atoms with E-state index in [4.69, 9.17) is 0 Å². The highest BCUT2D eigenvalue weighted by Crippen LogP contribution is 2.15. The minimum Gasteiger partial charge on any atom is -0.308 e. The molecule has 1 atom stereocenters. The number of rotatable bonds is 10. The van der Waals surface area contributed by atoms with E-state index in [1.54, 1.807) is 0 Å². The zero-order valence-corrected chi connectivity index (χ0v) is 12.3. The molecule has 0 aliphatic heterocycles. The molecule has 1 heteroatoms. The zero-order valence-electron chi connectivity index (χ0n) is 12.3. The lowest BCUT2D eigenvalue weighted by atomic mass is 9.95. The lowest BCUT2D eigenvalue weighted by Gasteiger charge is -2.27. The minimum absolute atomic E-state index is 0.0954. The highest BCUT2D eigenvalue weighted by Gasteiger charge is 2.17. The summed E-state index contributed by atoms with van der Waals surface area (Å²) in [5.74, 6) is 0. The number of hydrogen-bond acceptors (Lipinski definition) is 1. The van der Waals surface area contributed by atoms with E-state index < -0.39 is 0 Å².